The van der Waals surface area contributed by atoms with Gasteiger partial charge in [0.05, 0.1) is 24.2 Å². The third-order valence-corrected chi connectivity index (χ3v) is 7.41. The smallest absolute Gasteiger partial charge is 0.481 e. The summed E-state index contributed by atoms with van der Waals surface area (Å²) in [6.45, 7) is 2.75. The largest absolute Gasteiger partial charge is 0.573 e. The summed E-state index contributed by atoms with van der Waals surface area (Å²) in [6.07, 6.45) is -4.93. The number of aryl methyl sites for hydroxylation is 1. The first kappa shape index (κ1) is 27.2. The van der Waals surface area contributed by atoms with E-state index in [1.165, 1.54) is 18.9 Å². The van der Waals surface area contributed by atoms with Crippen LogP contribution in [0.2, 0.25) is 0 Å². The maximum absolute atomic E-state index is 13.3. The van der Waals surface area contributed by atoms with Crippen molar-refractivity contribution in [2.75, 3.05) is 26.7 Å². The van der Waals surface area contributed by atoms with E-state index in [2.05, 4.69) is 15.0 Å². The predicted octanol–water partition coefficient (Wildman–Crippen LogP) is 1.84. The lowest BCUT2D eigenvalue weighted by Gasteiger charge is -2.39. The van der Waals surface area contributed by atoms with Gasteiger partial charge in [-0.2, -0.15) is 4.31 Å². The van der Waals surface area contributed by atoms with Gasteiger partial charge in [-0.3, -0.25) is 9.59 Å². The van der Waals surface area contributed by atoms with E-state index in [9.17, 15) is 31.2 Å². The Kier molecular flexibility index (Phi) is 8.09. The summed E-state index contributed by atoms with van der Waals surface area (Å²) in [4.78, 5) is 30.3. The van der Waals surface area contributed by atoms with E-state index in [1.54, 1.807) is 19.1 Å². The normalized spacial score (nSPS) is 16.9. The number of ether oxygens (including phenoxy) is 2. The van der Waals surface area contributed by atoms with Gasteiger partial charge in [0, 0.05) is 32.1 Å². The average Bonchev–Trinajstić information content (AvgIpc) is 2.82. The maximum Gasteiger partial charge on any atom is 0.573 e. The van der Waals surface area contributed by atoms with E-state index in [4.69, 9.17) is 4.74 Å². The fraction of sp³-hybridized carbons (Fsp3) is 0.409. The minimum absolute atomic E-state index is 0.0244. The molecule has 0 unspecified atom stereocenters. The first-order valence-electron chi connectivity index (χ1n) is 10.7. The van der Waals surface area contributed by atoms with Crippen molar-refractivity contribution in [2.24, 2.45) is 0 Å². The summed E-state index contributed by atoms with van der Waals surface area (Å²) in [5.41, 5.74) is 1.26. The summed E-state index contributed by atoms with van der Waals surface area (Å²) >= 11 is 0. The summed E-state index contributed by atoms with van der Waals surface area (Å²) in [5.74, 6) is -1.20. The second-order valence-electron chi connectivity index (χ2n) is 7.96. The van der Waals surface area contributed by atoms with Gasteiger partial charge < -0.3 is 19.7 Å². The summed E-state index contributed by atoms with van der Waals surface area (Å²) in [5, 5.41) is 2.64. The van der Waals surface area contributed by atoms with Gasteiger partial charge in [0.25, 0.3) is 0 Å². The number of carbonyl (C=O) groups excluding carboxylic acids is 2. The van der Waals surface area contributed by atoms with E-state index in [1.807, 2.05) is 0 Å². The molecule has 3 rings (SSSR count). The van der Waals surface area contributed by atoms with Crippen LogP contribution in [-0.2, 0) is 26.2 Å². The molecular formula is C22H25F3N4O6S. The number of hydrogen-bond donors (Lipinski definition) is 1. The molecule has 14 heteroatoms. The molecule has 2 amide bonds. The van der Waals surface area contributed by atoms with Gasteiger partial charge in [0.2, 0.25) is 27.7 Å². The van der Waals surface area contributed by atoms with Crippen LogP contribution in [0.3, 0.4) is 0 Å². The number of pyridine rings is 1. The monoisotopic (exact) mass is 530 g/mol. The third-order valence-electron chi connectivity index (χ3n) is 5.49. The number of aromatic nitrogens is 1. The number of hydrogen-bond acceptors (Lipinski definition) is 7. The van der Waals surface area contributed by atoms with Crippen LogP contribution in [0.5, 0.6) is 11.6 Å². The van der Waals surface area contributed by atoms with Crippen molar-refractivity contribution in [3.05, 3.63) is 47.7 Å². The highest BCUT2D eigenvalue weighted by molar-refractivity contribution is 7.89. The summed E-state index contributed by atoms with van der Waals surface area (Å²) < 4.78 is 73.8. The Morgan fingerprint density at radius 1 is 1.14 bits per heavy atom. The molecule has 10 nitrogen and oxygen atoms in total. The van der Waals surface area contributed by atoms with Crippen LogP contribution in [0.1, 0.15) is 18.2 Å². The SMILES string of the molecule is COc1nc(CNC(=O)[C@H]2CN(C(C)=O)CCN2S(=O)(=O)c2ccc(OC(F)(F)F)cc2)ccc1C. The van der Waals surface area contributed by atoms with Gasteiger partial charge in [0.15, 0.2) is 0 Å². The van der Waals surface area contributed by atoms with Gasteiger partial charge in [-0.05, 0) is 37.3 Å². The number of benzene rings is 1. The molecule has 2 heterocycles. The van der Waals surface area contributed by atoms with Crippen molar-refractivity contribution in [3.63, 3.8) is 0 Å². The number of nitrogens with zero attached hydrogens (tertiary/aromatic N) is 3. The molecule has 0 bridgehead atoms. The second-order valence-corrected chi connectivity index (χ2v) is 9.85. The van der Waals surface area contributed by atoms with Crippen LogP contribution in [0.4, 0.5) is 13.2 Å². The molecule has 1 atom stereocenters. The number of sulfonamides is 1. The molecule has 1 aromatic heterocycles. The van der Waals surface area contributed by atoms with Gasteiger partial charge >= 0.3 is 6.36 Å². The molecule has 0 aliphatic carbocycles. The van der Waals surface area contributed by atoms with Crippen LogP contribution in [-0.4, -0.2) is 73.6 Å². The maximum atomic E-state index is 13.3. The van der Waals surface area contributed by atoms with E-state index < -0.39 is 34.1 Å². The fourth-order valence-corrected chi connectivity index (χ4v) is 5.22. The summed E-state index contributed by atoms with van der Waals surface area (Å²) in [7, 11) is -2.84. The van der Waals surface area contributed by atoms with Crippen LogP contribution >= 0.6 is 0 Å². The average molecular weight is 531 g/mol. The highest BCUT2D eigenvalue weighted by Crippen LogP contribution is 2.27. The topological polar surface area (TPSA) is 118 Å². The van der Waals surface area contributed by atoms with Crippen LogP contribution < -0.4 is 14.8 Å². The first-order chi connectivity index (χ1) is 16.8. The van der Waals surface area contributed by atoms with Crippen LogP contribution in [0, 0.1) is 6.92 Å². The van der Waals surface area contributed by atoms with E-state index in [0.717, 1.165) is 34.1 Å². The quantitative estimate of drug-likeness (QED) is 0.580. The molecule has 1 fully saturated rings. The predicted molar refractivity (Wildman–Crippen MR) is 120 cm³/mol. The van der Waals surface area contributed by atoms with Crippen molar-refractivity contribution in [1.82, 2.24) is 19.5 Å². The molecule has 2 aromatic rings. The number of amides is 2. The highest BCUT2D eigenvalue weighted by atomic mass is 32.2. The van der Waals surface area contributed by atoms with Crippen molar-refractivity contribution in [3.8, 4) is 11.6 Å². The van der Waals surface area contributed by atoms with Crippen molar-refractivity contribution in [1.29, 1.82) is 0 Å². The lowest BCUT2D eigenvalue weighted by Crippen LogP contribution is -2.61. The molecule has 0 saturated carbocycles. The molecule has 1 aliphatic heterocycles. The Labute approximate surface area is 206 Å². The molecule has 1 aromatic carbocycles. The van der Waals surface area contributed by atoms with Gasteiger partial charge in [-0.15, -0.1) is 13.2 Å². The first-order valence-corrected chi connectivity index (χ1v) is 12.2. The zero-order chi connectivity index (χ0) is 26.7. The van der Waals surface area contributed by atoms with E-state index in [-0.39, 0.29) is 37.0 Å². The van der Waals surface area contributed by atoms with Crippen molar-refractivity contribution >= 4 is 21.8 Å². The highest BCUT2D eigenvalue weighted by Gasteiger charge is 2.41. The molecule has 36 heavy (non-hydrogen) atoms. The number of nitrogens with one attached hydrogen (secondary N) is 1. The van der Waals surface area contributed by atoms with Crippen LogP contribution in [0.15, 0.2) is 41.3 Å². The van der Waals surface area contributed by atoms with Gasteiger partial charge in [-0.1, -0.05) is 6.07 Å². The lowest BCUT2D eigenvalue weighted by atomic mass is 10.2. The number of methoxy groups -OCH3 is 1. The Morgan fingerprint density at radius 3 is 2.39 bits per heavy atom. The molecule has 0 spiro atoms. The molecule has 1 saturated heterocycles. The van der Waals surface area contributed by atoms with Crippen LogP contribution in [0.25, 0.3) is 0 Å². The van der Waals surface area contributed by atoms with E-state index >= 15 is 0 Å². The molecule has 196 valence electrons. The Balaban J connectivity index is 1.82. The Bertz CT molecular complexity index is 1220. The summed E-state index contributed by atoms with van der Waals surface area (Å²) in [6, 6.07) is 5.84. The standard InChI is InChI=1S/C22H25F3N4O6S/c1-14-4-5-16(27-21(14)34-3)12-26-20(31)19-13-28(15(2)30)10-11-29(19)36(32,33)18-8-6-17(7-9-18)35-22(23,24)25/h4-9,19H,10-13H2,1-3H3,(H,26,31)/t19-/m1/s1. The molecule has 1 N–H and O–H groups in total. The second kappa shape index (κ2) is 10.7. The molecular weight excluding hydrogens is 505 g/mol. The number of halogens is 3. The molecule has 0 radical (unpaired) electrons. The van der Waals surface area contributed by atoms with E-state index in [0.29, 0.717) is 11.6 Å². The van der Waals surface area contributed by atoms with Gasteiger partial charge in [0.1, 0.15) is 11.8 Å². The number of alkyl halides is 3. The number of rotatable bonds is 7. The zero-order valence-corrected chi connectivity index (χ0v) is 20.5. The van der Waals surface area contributed by atoms with Crippen molar-refractivity contribution < 1.29 is 40.7 Å². The van der Waals surface area contributed by atoms with Crippen molar-refractivity contribution in [2.45, 2.75) is 37.7 Å². The third kappa shape index (κ3) is 6.43. The Hall–Kier alpha value is -3.39. The lowest BCUT2D eigenvalue weighted by molar-refractivity contribution is -0.274. The minimum Gasteiger partial charge on any atom is -0.481 e. The zero-order valence-electron chi connectivity index (χ0n) is 19.7. The Morgan fingerprint density at radius 2 is 1.81 bits per heavy atom. The number of piperazine rings is 1. The number of carbonyl (C=O) groups is 2. The fourth-order valence-electron chi connectivity index (χ4n) is 3.65. The minimum atomic E-state index is -4.93. The molecule has 1 aliphatic rings. The van der Waals surface area contributed by atoms with Gasteiger partial charge in [-0.25, -0.2) is 13.4 Å².